The van der Waals surface area contributed by atoms with Gasteiger partial charge in [0.2, 0.25) is 0 Å². The summed E-state index contributed by atoms with van der Waals surface area (Å²) in [7, 11) is 5.39. The fourth-order valence-corrected chi connectivity index (χ4v) is 3.15. The Hall–Kier alpha value is -2.58. The van der Waals surface area contributed by atoms with Crippen LogP contribution in [0.5, 0.6) is 5.75 Å². The molecule has 2 heterocycles. The molecular weight excluding hydrogens is 358 g/mol. The van der Waals surface area contributed by atoms with Gasteiger partial charge in [0, 0.05) is 46.1 Å². The number of ether oxygens (including phenoxy) is 3. The van der Waals surface area contributed by atoms with E-state index < -0.39 is 0 Å². The number of aryl methyl sites for hydroxylation is 1. The first-order valence-electron chi connectivity index (χ1n) is 9.46. The first kappa shape index (κ1) is 20.2. The largest absolute Gasteiger partial charge is 0.491 e. The maximum absolute atomic E-state index is 5.92. The summed E-state index contributed by atoms with van der Waals surface area (Å²) in [6.45, 7) is 3.98. The number of nitrogens with one attached hydrogen (secondary N) is 1. The molecule has 0 spiro atoms. The topological polar surface area (TPSA) is 73.1 Å². The molecule has 1 fully saturated rings. The van der Waals surface area contributed by atoms with Crippen molar-refractivity contribution in [3.05, 3.63) is 47.8 Å². The molecule has 1 aromatic heterocycles. The van der Waals surface area contributed by atoms with E-state index in [2.05, 4.69) is 26.4 Å². The van der Waals surface area contributed by atoms with Crippen molar-refractivity contribution in [2.45, 2.75) is 12.6 Å². The molecule has 8 heteroatoms. The maximum Gasteiger partial charge on any atom is 0.194 e. The van der Waals surface area contributed by atoms with Gasteiger partial charge in [0.25, 0.3) is 0 Å². The number of hydrogen-bond acceptors (Lipinski definition) is 5. The van der Waals surface area contributed by atoms with E-state index in [9.17, 15) is 0 Å². The van der Waals surface area contributed by atoms with Crippen LogP contribution in [0.3, 0.4) is 0 Å². The van der Waals surface area contributed by atoms with Crippen LogP contribution in [-0.4, -0.2) is 67.7 Å². The number of rotatable bonds is 7. The molecule has 0 radical (unpaired) electrons. The van der Waals surface area contributed by atoms with Gasteiger partial charge >= 0.3 is 0 Å². The number of nitrogens with zero attached hydrogens (tertiary/aromatic N) is 4. The molecule has 3 rings (SSSR count). The van der Waals surface area contributed by atoms with Crippen LogP contribution in [0.4, 0.5) is 0 Å². The highest BCUT2D eigenvalue weighted by Crippen LogP contribution is 2.21. The summed E-state index contributed by atoms with van der Waals surface area (Å²) in [5.41, 5.74) is 2.22. The number of methoxy groups -OCH3 is 1. The number of hydrogen-bond donors (Lipinski definition) is 1. The van der Waals surface area contributed by atoms with E-state index in [1.54, 1.807) is 18.8 Å². The van der Waals surface area contributed by atoms with Gasteiger partial charge in [-0.3, -0.25) is 9.67 Å². The molecule has 1 aliphatic rings. The van der Waals surface area contributed by atoms with Gasteiger partial charge in [-0.15, -0.1) is 0 Å². The normalized spacial score (nSPS) is 17.6. The van der Waals surface area contributed by atoms with E-state index in [1.165, 1.54) is 0 Å². The van der Waals surface area contributed by atoms with E-state index in [0.717, 1.165) is 35.9 Å². The zero-order valence-corrected chi connectivity index (χ0v) is 16.8. The average Bonchev–Trinajstić information content (AvgIpc) is 3.16. The Kier molecular flexibility index (Phi) is 7.27. The molecular formula is C20H29N5O3. The highest BCUT2D eigenvalue weighted by Gasteiger charge is 2.25. The molecule has 8 nitrogen and oxygen atoms in total. The molecule has 0 bridgehead atoms. The van der Waals surface area contributed by atoms with Crippen molar-refractivity contribution in [1.82, 2.24) is 20.0 Å². The minimum absolute atomic E-state index is 0.00138. The van der Waals surface area contributed by atoms with Crippen molar-refractivity contribution in [3.63, 3.8) is 0 Å². The van der Waals surface area contributed by atoms with Crippen molar-refractivity contribution in [3.8, 4) is 5.75 Å². The number of aromatic nitrogens is 2. The second-order valence-electron chi connectivity index (χ2n) is 6.64. The minimum atomic E-state index is -0.00138. The molecule has 1 aliphatic heterocycles. The Bertz CT molecular complexity index is 777. The summed E-state index contributed by atoms with van der Waals surface area (Å²) in [5.74, 6) is 1.71. The first-order valence-corrected chi connectivity index (χ1v) is 9.46. The number of morpholine rings is 1. The lowest BCUT2D eigenvalue weighted by Crippen LogP contribution is -2.47. The van der Waals surface area contributed by atoms with E-state index in [4.69, 9.17) is 14.2 Å². The van der Waals surface area contributed by atoms with Crippen LogP contribution in [0.1, 0.15) is 17.2 Å². The van der Waals surface area contributed by atoms with Crippen molar-refractivity contribution >= 4 is 5.96 Å². The lowest BCUT2D eigenvalue weighted by Gasteiger charge is -2.34. The summed E-state index contributed by atoms with van der Waals surface area (Å²) in [6.07, 6.45) is 3.86. The minimum Gasteiger partial charge on any atom is -0.491 e. The first-order chi connectivity index (χ1) is 13.7. The summed E-state index contributed by atoms with van der Waals surface area (Å²) in [6, 6.07) is 8.05. The lowest BCUT2D eigenvalue weighted by atomic mass is 10.1. The van der Waals surface area contributed by atoms with Gasteiger partial charge in [0.15, 0.2) is 5.96 Å². The molecule has 1 atom stereocenters. The Morgan fingerprint density at radius 3 is 3.04 bits per heavy atom. The standard InChI is InChI=1S/C20H29N5O3/c1-21-20(22-12-16-5-4-6-18(11-16)27-10-9-26-3)25-7-8-28-19(15-25)17-13-23-24(2)14-17/h4-6,11,13-14,19H,7-10,12,15H2,1-3H3,(H,21,22). The SMILES string of the molecule is CN=C(NCc1cccc(OCCOC)c1)N1CCOC(c2cnn(C)c2)C1. The predicted molar refractivity (Wildman–Crippen MR) is 107 cm³/mol. The Morgan fingerprint density at radius 1 is 1.39 bits per heavy atom. The third-order valence-corrected chi connectivity index (χ3v) is 4.58. The van der Waals surface area contributed by atoms with Gasteiger partial charge in [-0.25, -0.2) is 0 Å². The zero-order valence-electron chi connectivity index (χ0n) is 16.8. The Balaban J connectivity index is 1.56. The quantitative estimate of drug-likeness (QED) is 0.442. The second-order valence-corrected chi connectivity index (χ2v) is 6.64. The monoisotopic (exact) mass is 387 g/mol. The van der Waals surface area contributed by atoms with Gasteiger partial charge in [-0.2, -0.15) is 5.10 Å². The molecule has 0 amide bonds. The molecule has 1 N–H and O–H groups in total. The van der Waals surface area contributed by atoms with Crippen LogP contribution in [0.2, 0.25) is 0 Å². The van der Waals surface area contributed by atoms with Gasteiger partial charge in [0.1, 0.15) is 18.5 Å². The van der Waals surface area contributed by atoms with Crippen molar-refractivity contribution in [2.75, 3.05) is 47.1 Å². The molecule has 1 aromatic carbocycles. The fraction of sp³-hybridized carbons (Fsp3) is 0.500. The molecule has 1 saturated heterocycles. The Labute approximate surface area is 166 Å². The van der Waals surface area contributed by atoms with Crippen LogP contribution < -0.4 is 10.1 Å². The van der Waals surface area contributed by atoms with Crippen LogP contribution in [-0.2, 0) is 23.1 Å². The molecule has 2 aromatic rings. The highest BCUT2D eigenvalue weighted by molar-refractivity contribution is 5.80. The van der Waals surface area contributed by atoms with Gasteiger partial charge in [0.05, 0.1) is 26.0 Å². The van der Waals surface area contributed by atoms with E-state index in [-0.39, 0.29) is 6.10 Å². The van der Waals surface area contributed by atoms with Crippen molar-refractivity contribution < 1.29 is 14.2 Å². The molecule has 0 saturated carbocycles. The summed E-state index contributed by atoms with van der Waals surface area (Å²) < 4.78 is 18.4. The second kappa shape index (κ2) is 10.1. The summed E-state index contributed by atoms with van der Waals surface area (Å²) >= 11 is 0. The van der Waals surface area contributed by atoms with Crippen LogP contribution >= 0.6 is 0 Å². The molecule has 0 aliphatic carbocycles. The summed E-state index contributed by atoms with van der Waals surface area (Å²) in [4.78, 5) is 6.67. The van der Waals surface area contributed by atoms with Gasteiger partial charge in [-0.1, -0.05) is 12.1 Å². The van der Waals surface area contributed by atoms with E-state index >= 15 is 0 Å². The fourth-order valence-electron chi connectivity index (χ4n) is 3.15. The van der Waals surface area contributed by atoms with Crippen LogP contribution in [0.15, 0.2) is 41.7 Å². The highest BCUT2D eigenvalue weighted by atomic mass is 16.5. The van der Waals surface area contributed by atoms with E-state index in [0.29, 0.717) is 26.4 Å². The third kappa shape index (κ3) is 5.46. The van der Waals surface area contributed by atoms with Gasteiger partial charge in [-0.05, 0) is 17.7 Å². The van der Waals surface area contributed by atoms with Crippen molar-refractivity contribution in [2.24, 2.45) is 12.0 Å². The third-order valence-electron chi connectivity index (χ3n) is 4.58. The number of benzene rings is 1. The lowest BCUT2D eigenvalue weighted by molar-refractivity contribution is -0.00805. The molecule has 28 heavy (non-hydrogen) atoms. The van der Waals surface area contributed by atoms with Crippen molar-refractivity contribution in [1.29, 1.82) is 0 Å². The number of aliphatic imine (C=N–C) groups is 1. The molecule has 152 valence electrons. The predicted octanol–water partition coefficient (Wildman–Crippen LogP) is 1.59. The smallest absolute Gasteiger partial charge is 0.194 e. The molecule has 1 unspecified atom stereocenters. The average molecular weight is 387 g/mol. The Morgan fingerprint density at radius 2 is 2.29 bits per heavy atom. The number of guanidine groups is 1. The summed E-state index contributed by atoms with van der Waals surface area (Å²) in [5, 5.41) is 7.69. The van der Waals surface area contributed by atoms with E-state index in [1.807, 2.05) is 37.6 Å². The van der Waals surface area contributed by atoms with Crippen LogP contribution in [0.25, 0.3) is 0 Å². The van der Waals surface area contributed by atoms with Crippen LogP contribution in [0, 0.1) is 0 Å². The van der Waals surface area contributed by atoms with Gasteiger partial charge < -0.3 is 24.4 Å². The zero-order chi connectivity index (χ0) is 19.8. The maximum atomic E-state index is 5.92.